The molecule has 1 amide bonds. The molecule has 5 N–H and O–H groups in total. The molecular formula is C22H23N5O3S. The number of aromatic amines is 1. The van der Waals surface area contributed by atoms with E-state index in [2.05, 4.69) is 14.9 Å². The largest absolute Gasteiger partial charge is 0.368 e. The number of aryl methyl sites for hydroxylation is 1. The lowest BCUT2D eigenvalue weighted by atomic mass is 10.1. The molecule has 4 heterocycles. The van der Waals surface area contributed by atoms with Crippen LogP contribution in [0, 0.1) is 6.92 Å². The number of hydrogen-bond acceptors (Lipinski definition) is 6. The first-order chi connectivity index (χ1) is 14.8. The summed E-state index contributed by atoms with van der Waals surface area (Å²) in [6.07, 6.45) is 1.74. The van der Waals surface area contributed by atoms with E-state index in [1.165, 1.54) is 0 Å². The van der Waals surface area contributed by atoms with Gasteiger partial charge in [0, 0.05) is 41.6 Å². The monoisotopic (exact) mass is 437 g/mol. The summed E-state index contributed by atoms with van der Waals surface area (Å²) in [5.74, 6) is 0.222. The molecule has 31 heavy (non-hydrogen) atoms. The van der Waals surface area contributed by atoms with Gasteiger partial charge in [-0.05, 0) is 43.3 Å². The average molecular weight is 438 g/mol. The molecule has 1 saturated heterocycles. The van der Waals surface area contributed by atoms with E-state index in [1.807, 2.05) is 37.3 Å². The van der Waals surface area contributed by atoms with E-state index in [9.17, 15) is 13.9 Å². The predicted octanol–water partition coefficient (Wildman–Crippen LogP) is 3.76. The summed E-state index contributed by atoms with van der Waals surface area (Å²) in [6, 6.07) is 11.5. The number of rotatable bonds is 3. The topological polar surface area (TPSA) is 128 Å². The number of nitrogens with one attached hydrogen (secondary N) is 1. The van der Waals surface area contributed by atoms with E-state index in [0.29, 0.717) is 46.9 Å². The van der Waals surface area contributed by atoms with Crippen molar-refractivity contribution in [3.63, 3.8) is 0 Å². The zero-order chi connectivity index (χ0) is 21.8. The third kappa shape index (κ3) is 3.60. The maximum atomic E-state index is 12.2. The Balaban J connectivity index is 1.63. The Morgan fingerprint density at radius 3 is 2.61 bits per heavy atom. The molecule has 1 fully saturated rings. The average Bonchev–Trinajstić information content (AvgIpc) is 3.11. The Morgan fingerprint density at radius 1 is 1.16 bits per heavy atom. The quantitative estimate of drug-likeness (QED) is 0.386. The molecule has 160 valence electrons. The second kappa shape index (κ2) is 7.23. The molecule has 1 aliphatic rings. The number of fused-ring (bicyclic) bond motifs is 3. The number of hydrogen-bond donors (Lipinski definition) is 4. The first kappa shape index (κ1) is 19.8. The molecule has 0 saturated carbocycles. The van der Waals surface area contributed by atoms with Gasteiger partial charge in [0.15, 0.2) is 0 Å². The Labute approximate surface area is 180 Å². The van der Waals surface area contributed by atoms with E-state index in [1.54, 1.807) is 12.3 Å². The number of nitrogens with two attached hydrogens (primary N) is 1. The molecule has 5 rings (SSSR count). The van der Waals surface area contributed by atoms with Crippen LogP contribution in [0.1, 0.15) is 16.1 Å². The van der Waals surface area contributed by atoms with E-state index in [-0.39, 0.29) is 0 Å². The van der Waals surface area contributed by atoms with Gasteiger partial charge in [0.1, 0.15) is 0 Å². The van der Waals surface area contributed by atoms with Gasteiger partial charge in [-0.2, -0.15) is 10.6 Å². The second-order valence-corrected chi connectivity index (χ2v) is 10.3. The minimum absolute atomic E-state index is 0.374. The maximum Gasteiger partial charge on any atom is 0.250 e. The van der Waals surface area contributed by atoms with Gasteiger partial charge in [0.25, 0.3) is 5.91 Å². The zero-order valence-electron chi connectivity index (χ0n) is 17.0. The molecule has 1 aromatic carbocycles. The standard InChI is InChI=1S/C22H23N5O3S/c1-13-2-3-14(12-24-13)18-11-17(22(23)28)21-20(25-18)16-5-4-15(10-19(16)26-21)27-6-8-31(29,30)9-7-27/h2-5,10-12,26,29-30H,6-9H2,1H3,(H2,23,28). The van der Waals surface area contributed by atoms with Crippen LogP contribution in [0.15, 0.2) is 42.6 Å². The van der Waals surface area contributed by atoms with Crippen molar-refractivity contribution < 1.29 is 13.9 Å². The number of carbonyl (C=O) groups is 1. The van der Waals surface area contributed by atoms with Crippen molar-refractivity contribution in [3.05, 3.63) is 53.9 Å². The lowest BCUT2D eigenvalue weighted by Crippen LogP contribution is -2.38. The van der Waals surface area contributed by atoms with Gasteiger partial charge >= 0.3 is 0 Å². The van der Waals surface area contributed by atoms with Crippen LogP contribution in [0.25, 0.3) is 33.2 Å². The summed E-state index contributed by atoms with van der Waals surface area (Å²) >= 11 is 0. The van der Waals surface area contributed by atoms with Gasteiger partial charge in [0.05, 0.1) is 39.3 Å². The van der Waals surface area contributed by atoms with Crippen molar-refractivity contribution in [3.8, 4) is 11.3 Å². The van der Waals surface area contributed by atoms with Crippen LogP contribution >= 0.6 is 10.6 Å². The van der Waals surface area contributed by atoms with Crippen molar-refractivity contribution in [1.82, 2.24) is 15.0 Å². The molecule has 1 aliphatic heterocycles. The fourth-order valence-corrected chi connectivity index (χ4v) is 5.22. The summed E-state index contributed by atoms with van der Waals surface area (Å²) in [5.41, 5.74) is 11.5. The van der Waals surface area contributed by atoms with Crippen LogP contribution in [-0.4, -0.2) is 54.6 Å². The van der Waals surface area contributed by atoms with E-state index < -0.39 is 16.5 Å². The van der Waals surface area contributed by atoms with Crippen LogP contribution in [-0.2, 0) is 0 Å². The summed E-state index contributed by atoms with van der Waals surface area (Å²) in [5, 5.41) is 0.893. The zero-order valence-corrected chi connectivity index (χ0v) is 17.8. The summed E-state index contributed by atoms with van der Waals surface area (Å²) in [7, 11) is -2.45. The highest BCUT2D eigenvalue weighted by molar-refractivity contribution is 8.24. The molecule has 0 atom stereocenters. The maximum absolute atomic E-state index is 12.2. The Morgan fingerprint density at radius 2 is 1.94 bits per heavy atom. The van der Waals surface area contributed by atoms with Crippen LogP contribution in [0.4, 0.5) is 5.69 Å². The molecule has 9 heteroatoms. The third-order valence-corrected chi connectivity index (χ3v) is 7.42. The lowest BCUT2D eigenvalue weighted by Gasteiger charge is -2.41. The molecule has 0 radical (unpaired) electrons. The van der Waals surface area contributed by atoms with Gasteiger partial charge in [-0.15, -0.1) is 0 Å². The minimum atomic E-state index is -2.45. The normalized spacial score (nSPS) is 17.2. The van der Waals surface area contributed by atoms with Crippen molar-refractivity contribution in [2.75, 3.05) is 29.5 Å². The highest BCUT2D eigenvalue weighted by Crippen LogP contribution is 2.41. The molecule has 4 aromatic rings. The number of anilines is 1. The van der Waals surface area contributed by atoms with Crippen LogP contribution in [0.2, 0.25) is 0 Å². The lowest BCUT2D eigenvalue weighted by molar-refractivity contribution is 0.100. The highest BCUT2D eigenvalue weighted by atomic mass is 32.3. The number of amides is 1. The number of pyridine rings is 2. The molecule has 0 unspecified atom stereocenters. The predicted molar refractivity (Wildman–Crippen MR) is 125 cm³/mol. The number of primary amides is 1. The van der Waals surface area contributed by atoms with Crippen molar-refractivity contribution in [2.45, 2.75) is 6.92 Å². The minimum Gasteiger partial charge on any atom is -0.368 e. The van der Waals surface area contributed by atoms with Gasteiger partial charge in [-0.3, -0.25) is 18.9 Å². The van der Waals surface area contributed by atoms with Crippen molar-refractivity contribution in [1.29, 1.82) is 0 Å². The van der Waals surface area contributed by atoms with Gasteiger partial charge in [0.2, 0.25) is 0 Å². The molecule has 3 aromatic heterocycles. The Hall–Kier alpha value is -3.14. The molecular weight excluding hydrogens is 414 g/mol. The van der Waals surface area contributed by atoms with E-state index >= 15 is 0 Å². The Kier molecular flexibility index (Phi) is 4.62. The summed E-state index contributed by atoms with van der Waals surface area (Å²) < 4.78 is 19.7. The van der Waals surface area contributed by atoms with Crippen LogP contribution in [0.5, 0.6) is 0 Å². The third-order valence-electron chi connectivity index (χ3n) is 5.75. The summed E-state index contributed by atoms with van der Waals surface area (Å²) in [6.45, 7) is 3.09. The fourth-order valence-electron chi connectivity index (χ4n) is 3.99. The fraction of sp³-hybridized carbons (Fsp3) is 0.227. The Bertz CT molecular complexity index is 1310. The number of nitrogens with zero attached hydrogens (tertiary/aromatic N) is 3. The molecule has 0 spiro atoms. The van der Waals surface area contributed by atoms with E-state index in [4.69, 9.17) is 10.7 Å². The number of carbonyl (C=O) groups excluding carboxylic acids is 1. The van der Waals surface area contributed by atoms with Crippen molar-refractivity contribution in [2.24, 2.45) is 5.73 Å². The SMILES string of the molecule is Cc1ccc(-c2cc(C(N)=O)c3[nH]c4cc(N5CCS(O)(O)CC5)ccc4c3n2)cn1. The molecule has 0 aliphatic carbocycles. The molecule has 0 bridgehead atoms. The number of H-pyrrole nitrogens is 1. The number of aromatic nitrogens is 3. The van der Waals surface area contributed by atoms with Gasteiger partial charge < -0.3 is 15.6 Å². The second-order valence-electron chi connectivity index (χ2n) is 7.88. The van der Waals surface area contributed by atoms with Crippen LogP contribution in [0.3, 0.4) is 0 Å². The van der Waals surface area contributed by atoms with Gasteiger partial charge in [-0.25, -0.2) is 4.98 Å². The van der Waals surface area contributed by atoms with Crippen LogP contribution < -0.4 is 10.6 Å². The number of benzene rings is 1. The molecule has 8 nitrogen and oxygen atoms in total. The highest BCUT2D eigenvalue weighted by Gasteiger charge is 2.23. The first-order valence-electron chi connectivity index (χ1n) is 9.99. The van der Waals surface area contributed by atoms with Gasteiger partial charge in [-0.1, -0.05) is 0 Å². The van der Waals surface area contributed by atoms with E-state index in [0.717, 1.165) is 27.8 Å². The first-order valence-corrected chi connectivity index (χ1v) is 11.9. The summed E-state index contributed by atoms with van der Waals surface area (Å²) in [4.78, 5) is 26.8. The van der Waals surface area contributed by atoms with Crippen molar-refractivity contribution >= 4 is 44.1 Å². The smallest absolute Gasteiger partial charge is 0.250 e.